The van der Waals surface area contributed by atoms with Crippen LogP contribution in [0.4, 0.5) is 0 Å². The number of carbonyl (C=O) groups excluding carboxylic acids is 1. The van der Waals surface area contributed by atoms with Crippen molar-refractivity contribution in [2.75, 3.05) is 39.8 Å². The molecule has 0 unspecified atom stereocenters. The molecule has 0 atom stereocenters. The number of esters is 1. The van der Waals surface area contributed by atoms with Gasteiger partial charge in [0, 0.05) is 6.61 Å². The first-order chi connectivity index (χ1) is 10.3. The van der Waals surface area contributed by atoms with Gasteiger partial charge in [-0.05, 0) is 24.6 Å². The van der Waals surface area contributed by atoms with Crippen LogP contribution >= 0.6 is 0 Å². The van der Waals surface area contributed by atoms with Gasteiger partial charge in [0.25, 0.3) is 0 Å². The minimum absolute atomic E-state index is 0.204. The molecule has 0 aromatic heterocycles. The molecule has 116 valence electrons. The second kappa shape index (κ2) is 8.49. The van der Waals surface area contributed by atoms with Gasteiger partial charge in [0.2, 0.25) is 6.79 Å². The maximum absolute atomic E-state index is 11.7. The zero-order chi connectivity index (χ0) is 14.9. The van der Waals surface area contributed by atoms with Gasteiger partial charge in [-0.2, -0.15) is 0 Å². The fraction of sp³-hybridized carbons (Fsp3) is 0.533. The topological polar surface area (TPSA) is 63.2 Å². The van der Waals surface area contributed by atoms with E-state index in [4.69, 9.17) is 23.7 Å². The fourth-order valence-corrected chi connectivity index (χ4v) is 1.85. The zero-order valence-corrected chi connectivity index (χ0v) is 12.1. The maximum atomic E-state index is 11.7. The molecule has 0 N–H and O–H groups in total. The van der Waals surface area contributed by atoms with Gasteiger partial charge in [-0.1, -0.05) is 6.07 Å². The lowest BCUT2D eigenvalue weighted by atomic mass is 10.1. The van der Waals surface area contributed by atoms with Gasteiger partial charge >= 0.3 is 5.97 Å². The maximum Gasteiger partial charge on any atom is 0.310 e. The van der Waals surface area contributed by atoms with E-state index in [1.165, 1.54) is 0 Å². The second-order valence-corrected chi connectivity index (χ2v) is 4.39. The average molecular weight is 296 g/mol. The predicted octanol–water partition coefficient (Wildman–Crippen LogP) is 1.55. The number of ether oxygens (including phenoxy) is 5. The summed E-state index contributed by atoms with van der Waals surface area (Å²) in [5.41, 5.74) is 0.835. The van der Waals surface area contributed by atoms with E-state index in [2.05, 4.69) is 0 Å². The molecule has 0 amide bonds. The van der Waals surface area contributed by atoms with Crippen LogP contribution in [-0.4, -0.2) is 45.8 Å². The smallest absolute Gasteiger partial charge is 0.310 e. The van der Waals surface area contributed by atoms with Gasteiger partial charge in [0.15, 0.2) is 11.5 Å². The summed E-state index contributed by atoms with van der Waals surface area (Å²) in [6, 6.07) is 5.41. The highest BCUT2D eigenvalue weighted by Gasteiger charge is 2.14. The first-order valence-electron chi connectivity index (χ1n) is 6.99. The van der Waals surface area contributed by atoms with E-state index >= 15 is 0 Å². The van der Waals surface area contributed by atoms with Gasteiger partial charge in [-0.15, -0.1) is 0 Å². The summed E-state index contributed by atoms with van der Waals surface area (Å²) in [4.78, 5) is 11.7. The van der Waals surface area contributed by atoms with E-state index < -0.39 is 0 Å². The van der Waals surface area contributed by atoms with Gasteiger partial charge in [0.1, 0.15) is 6.61 Å². The highest BCUT2D eigenvalue weighted by Crippen LogP contribution is 2.32. The molecule has 1 aromatic rings. The fourth-order valence-electron chi connectivity index (χ4n) is 1.85. The molecule has 21 heavy (non-hydrogen) atoms. The van der Waals surface area contributed by atoms with Crippen molar-refractivity contribution in [1.29, 1.82) is 0 Å². The summed E-state index contributed by atoms with van der Waals surface area (Å²) in [7, 11) is 0. The van der Waals surface area contributed by atoms with Crippen molar-refractivity contribution in [2.45, 2.75) is 13.3 Å². The van der Waals surface area contributed by atoms with Crippen molar-refractivity contribution in [3.63, 3.8) is 0 Å². The standard InChI is InChI=1S/C15H20O6/c1-2-17-5-6-18-7-8-19-15(16)10-12-3-4-13-14(9-12)21-11-20-13/h3-4,9H,2,5-8,10-11H2,1H3. The van der Waals surface area contributed by atoms with E-state index in [0.29, 0.717) is 37.9 Å². The van der Waals surface area contributed by atoms with E-state index in [9.17, 15) is 4.79 Å². The number of rotatable bonds is 9. The summed E-state index contributed by atoms with van der Waals surface area (Å²) in [6.45, 7) is 4.51. The lowest BCUT2D eigenvalue weighted by Gasteiger charge is -2.07. The van der Waals surface area contributed by atoms with Crippen molar-refractivity contribution < 1.29 is 28.5 Å². The Hall–Kier alpha value is -1.79. The monoisotopic (exact) mass is 296 g/mol. The third-order valence-electron chi connectivity index (χ3n) is 2.85. The summed E-state index contributed by atoms with van der Waals surface area (Å²) < 4.78 is 25.9. The lowest BCUT2D eigenvalue weighted by molar-refractivity contribution is -0.144. The molecule has 1 aromatic carbocycles. The molecule has 0 bridgehead atoms. The minimum Gasteiger partial charge on any atom is -0.463 e. The highest BCUT2D eigenvalue weighted by atomic mass is 16.7. The molecule has 1 aliphatic rings. The molecule has 1 heterocycles. The number of hydrogen-bond donors (Lipinski definition) is 0. The van der Waals surface area contributed by atoms with Crippen LogP contribution in [0.3, 0.4) is 0 Å². The second-order valence-electron chi connectivity index (χ2n) is 4.39. The summed E-state index contributed by atoms with van der Waals surface area (Å²) in [5.74, 6) is 1.08. The van der Waals surface area contributed by atoms with Gasteiger partial charge < -0.3 is 23.7 Å². The van der Waals surface area contributed by atoms with Crippen molar-refractivity contribution in [3.8, 4) is 11.5 Å². The van der Waals surface area contributed by atoms with Crippen LogP contribution in [0.1, 0.15) is 12.5 Å². The van der Waals surface area contributed by atoms with E-state index in [-0.39, 0.29) is 25.8 Å². The van der Waals surface area contributed by atoms with Crippen molar-refractivity contribution >= 4 is 5.97 Å². The van der Waals surface area contributed by atoms with Crippen molar-refractivity contribution in [3.05, 3.63) is 23.8 Å². The molecule has 1 aliphatic heterocycles. The van der Waals surface area contributed by atoms with E-state index in [0.717, 1.165) is 5.56 Å². The minimum atomic E-state index is -0.290. The summed E-state index contributed by atoms with van der Waals surface area (Å²) in [5, 5.41) is 0. The van der Waals surface area contributed by atoms with Crippen LogP contribution in [0.5, 0.6) is 11.5 Å². The summed E-state index contributed by atoms with van der Waals surface area (Å²) in [6.07, 6.45) is 0.204. The Bertz CT molecular complexity index is 459. The zero-order valence-electron chi connectivity index (χ0n) is 12.1. The first kappa shape index (κ1) is 15.6. The average Bonchev–Trinajstić information content (AvgIpc) is 2.94. The number of fused-ring (bicyclic) bond motifs is 1. The SMILES string of the molecule is CCOCCOCCOC(=O)Cc1ccc2c(c1)OCO2. The molecule has 0 saturated carbocycles. The van der Waals surface area contributed by atoms with Crippen LogP contribution in [0.2, 0.25) is 0 Å². The van der Waals surface area contributed by atoms with Gasteiger partial charge in [-0.25, -0.2) is 0 Å². The third-order valence-corrected chi connectivity index (χ3v) is 2.85. The molecular formula is C15H20O6. The summed E-state index contributed by atoms with van der Waals surface area (Å²) >= 11 is 0. The Kier molecular flexibility index (Phi) is 6.30. The number of carbonyl (C=O) groups is 1. The van der Waals surface area contributed by atoms with Crippen molar-refractivity contribution in [1.82, 2.24) is 0 Å². The first-order valence-corrected chi connectivity index (χ1v) is 6.99. The Balaban J connectivity index is 1.61. The Morgan fingerprint density at radius 1 is 1.10 bits per heavy atom. The van der Waals surface area contributed by atoms with Gasteiger partial charge in [0.05, 0.1) is 26.2 Å². The third kappa shape index (κ3) is 5.24. The molecule has 0 aliphatic carbocycles. The predicted molar refractivity (Wildman–Crippen MR) is 74.5 cm³/mol. The molecule has 6 heteroatoms. The molecule has 2 rings (SSSR count). The molecule has 6 nitrogen and oxygen atoms in total. The molecule has 0 saturated heterocycles. The number of hydrogen-bond acceptors (Lipinski definition) is 6. The van der Waals surface area contributed by atoms with Crippen LogP contribution in [0.15, 0.2) is 18.2 Å². The Morgan fingerprint density at radius 2 is 1.86 bits per heavy atom. The van der Waals surface area contributed by atoms with Crippen LogP contribution in [0.25, 0.3) is 0 Å². The highest BCUT2D eigenvalue weighted by molar-refractivity contribution is 5.73. The largest absolute Gasteiger partial charge is 0.463 e. The molecule has 0 radical (unpaired) electrons. The normalized spacial score (nSPS) is 12.4. The molecule has 0 spiro atoms. The lowest BCUT2D eigenvalue weighted by Crippen LogP contribution is -2.14. The Morgan fingerprint density at radius 3 is 2.71 bits per heavy atom. The van der Waals surface area contributed by atoms with Crippen LogP contribution < -0.4 is 9.47 Å². The molecular weight excluding hydrogens is 276 g/mol. The molecule has 0 fully saturated rings. The number of benzene rings is 1. The Labute approximate surface area is 123 Å². The van der Waals surface area contributed by atoms with E-state index in [1.54, 1.807) is 12.1 Å². The van der Waals surface area contributed by atoms with Gasteiger partial charge in [-0.3, -0.25) is 4.79 Å². The van der Waals surface area contributed by atoms with Crippen LogP contribution in [-0.2, 0) is 25.4 Å². The quantitative estimate of drug-likeness (QED) is 0.509. The van der Waals surface area contributed by atoms with Crippen LogP contribution in [0, 0.1) is 0 Å². The van der Waals surface area contributed by atoms with Crippen molar-refractivity contribution in [2.24, 2.45) is 0 Å². The van der Waals surface area contributed by atoms with E-state index in [1.807, 2.05) is 13.0 Å².